The van der Waals surface area contributed by atoms with Crippen molar-refractivity contribution >= 4 is 27.8 Å². The Balaban J connectivity index is 1.38. The van der Waals surface area contributed by atoms with Crippen molar-refractivity contribution in [3.05, 3.63) is 77.5 Å². The second-order valence-electron chi connectivity index (χ2n) is 8.72. The first-order valence-corrected chi connectivity index (χ1v) is 12.8. The van der Waals surface area contributed by atoms with Crippen LogP contribution in [-0.2, 0) is 16.0 Å². The molecule has 2 aromatic rings. The fourth-order valence-electron chi connectivity index (χ4n) is 3.98. The van der Waals surface area contributed by atoms with Crippen LogP contribution in [0.3, 0.4) is 0 Å². The maximum absolute atomic E-state index is 12.9. The number of hydrogen-bond donors (Lipinski definition) is 3. The molecule has 1 fully saturated rings. The molecule has 4 rings (SSSR count). The average molecular weight is 505 g/mol. The zero-order valence-corrected chi connectivity index (χ0v) is 20.0. The van der Waals surface area contributed by atoms with Crippen molar-refractivity contribution in [2.75, 3.05) is 18.4 Å². The lowest BCUT2D eigenvalue weighted by Crippen LogP contribution is -2.46. The molecule has 2 aliphatic rings. The Morgan fingerprint density at radius 2 is 1.80 bits per heavy atom. The second-order valence-corrected chi connectivity index (χ2v) is 10.9. The fraction of sp³-hybridized carbons (Fsp3) is 0.320. The molecule has 0 saturated carbocycles. The first kappa shape index (κ1) is 25.0. The van der Waals surface area contributed by atoms with Gasteiger partial charge in [-0.1, -0.05) is 24.3 Å². The van der Waals surface area contributed by atoms with E-state index < -0.39 is 27.4 Å². The van der Waals surface area contributed by atoms with Gasteiger partial charge in [0, 0.05) is 23.7 Å². The molecule has 2 heterocycles. The quantitative estimate of drug-likeness (QED) is 0.536. The Morgan fingerprint density at radius 3 is 2.43 bits per heavy atom. The third-order valence-electron chi connectivity index (χ3n) is 5.97. The molecule has 6 nitrogen and oxygen atoms in total. The lowest BCUT2D eigenvalue weighted by Gasteiger charge is -2.30. The van der Waals surface area contributed by atoms with E-state index in [-0.39, 0.29) is 5.25 Å². The molecule has 0 aliphatic carbocycles. The zero-order chi connectivity index (χ0) is 25.1. The number of rotatable bonds is 6. The van der Waals surface area contributed by atoms with Gasteiger partial charge in [-0.25, -0.2) is 13.4 Å². The highest BCUT2D eigenvalue weighted by Crippen LogP contribution is 2.30. The first-order valence-electron chi connectivity index (χ1n) is 11.3. The van der Waals surface area contributed by atoms with Crippen LogP contribution in [0.2, 0.25) is 0 Å². The monoisotopic (exact) mass is 504 g/mol. The average Bonchev–Trinajstić information content (AvgIpc) is 2.84. The molecule has 0 bridgehead atoms. The lowest BCUT2D eigenvalue weighted by molar-refractivity contribution is -0.137. The molecule has 0 spiro atoms. The highest BCUT2D eigenvalue weighted by Gasteiger charge is 2.30. The highest BCUT2D eigenvalue weighted by atomic mass is 32.2. The molecule has 186 valence electrons. The third kappa shape index (κ3) is 6.12. The summed E-state index contributed by atoms with van der Waals surface area (Å²) in [6.07, 6.45) is 3.41. The van der Waals surface area contributed by atoms with E-state index in [2.05, 4.69) is 20.9 Å². The summed E-state index contributed by atoms with van der Waals surface area (Å²) in [5.74, 6) is -0.872. The van der Waals surface area contributed by atoms with Crippen molar-refractivity contribution in [2.24, 2.45) is 4.99 Å². The molecule has 2 aromatic carbocycles. The van der Waals surface area contributed by atoms with Gasteiger partial charge in [0.15, 0.2) is 9.84 Å². The van der Waals surface area contributed by atoms with Crippen molar-refractivity contribution in [3.63, 3.8) is 0 Å². The van der Waals surface area contributed by atoms with Crippen molar-refractivity contribution in [1.29, 1.82) is 0 Å². The largest absolute Gasteiger partial charge is 0.416 e. The summed E-state index contributed by atoms with van der Waals surface area (Å²) in [6, 6.07) is 11.7. The van der Waals surface area contributed by atoms with E-state index in [1.54, 1.807) is 54.9 Å². The topological polar surface area (TPSA) is 82.6 Å². The summed E-state index contributed by atoms with van der Waals surface area (Å²) >= 11 is 0. The van der Waals surface area contributed by atoms with Crippen molar-refractivity contribution in [3.8, 4) is 0 Å². The van der Waals surface area contributed by atoms with Gasteiger partial charge in [0.05, 0.1) is 15.7 Å². The molecular weight excluding hydrogens is 477 g/mol. The van der Waals surface area contributed by atoms with Gasteiger partial charge < -0.3 is 16.0 Å². The number of allylic oxidation sites excluding steroid dienone is 2. The third-order valence-corrected chi connectivity index (χ3v) is 8.25. The zero-order valence-electron chi connectivity index (χ0n) is 19.1. The van der Waals surface area contributed by atoms with E-state index in [4.69, 9.17) is 0 Å². The van der Waals surface area contributed by atoms with E-state index >= 15 is 0 Å². The minimum Gasteiger partial charge on any atom is -0.350 e. The molecule has 3 N–H and O–H groups in total. The van der Waals surface area contributed by atoms with Crippen molar-refractivity contribution < 1.29 is 21.6 Å². The normalized spacial score (nSPS) is 21.5. The number of nitrogens with one attached hydrogen (secondary N) is 3. The molecule has 2 aliphatic heterocycles. The summed E-state index contributed by atoms with van der Waals surface area (Å²) in [6.45, 7) is 3.22. The second kappa shape index (κ2) is 9.87. The Labute approximate surface area is 203 Å². The van der Waals surface area contributed by atoms with Crippen LogP contribution in [0.1, 0.15) is 30.9 Å². The van der Waals surface area contributed by atoms with Gasteiger partial charge in [0.1, 0.15) is 0 Å². The number of piperidine rings is 1. The van der Waals surface area contributed by atoms with Crippen LogP contribution in [0, 0.1) is 0 Å². The Kier molecular flexibility index (Phi) is 7.05. The smallest absolute Gasteiger partial charge is 0.350 e. The van der Waals surface area contributed by atoms with Crippen LogP contribution in [-0.4, -0.2) is 38.8 Å². The SMILES string of the molecule is CC1(Nc2ccc(S(=O)(=O)C3CCNCC3)cc2)N=CC(/C=C/c2cccc(C(F)(F)F)c2)=CN1. The minimum atomic E-state index is -4.39. The Morgan fingerprint density at radius 1 is 1.09 bits per heavy atom. The van der Waals surface area contributed by atoms with Crippen LogP contribution in [0.15, 0.2) is 76.3 Å². The molecule has 10 heteroatoms. The number of halogens is 3. The fourth-order valence-corrected chi connectivity index (χ4v) is 5.74. The van der Waals surface area contributed by atoms with Crippen LogP contribution in [0.25, 0.3) is 6.08 Å². The van der Waals surface area contributed by atoms with Gasteiger partial charge in [-0.05, 0) is 74.8 Å². The summed E-state index contributed by atoms with van der Waals surface area (Å²) < 4.78 is 64.4. The van der Waals surface area contributed by atoms with Crippen LogP contribution >= 0.6 is 0 Å². The molecule has 0 aromatic heterocycles. The standard InChI is InChI=1S/C25H27F3N4O2S/c1-24(32-21-7-9-22(10-8-21)35(33,34)23-11-13-29-14-12-23)30-16-19(17-31-24)6-5-18-3-2-4-20(15-18)25(26,27)28/h2-10,15-17,23,29-30,32H,11-14H2,1H3/b6-5+. The Hall–Kier alpha value is -3.11. The first-order chi connectivity index (χ1) is 16.6. The molecule has 1 saturated heterocycles. The molecule has 1 atom stereocenters. The highest BCUT2D eigenvalue weighted by molar-refractivity contribution is 7.92. The number of anilines is 1. The van der Waals surface area contributed by atoms with Gasteiger partial charge in [-0.3, -0.25) is 0 Å². The maximum Gasteiger partial charge on any atom is 0.416 e. The van der Waals surface area contributed by atoms with E-state index in [9.17, 15) is 21.6 Å². The number of benzene rings is 2. The molecular formula is C25H27F3N4O2S. The Bertz CT molecular complexity index is 1250. The predicted molar refractivity (Wildman–Crippen MR) is 132 cm³/mol. The summed E-state index contributed by atoms with van der Waals surface area (Å²) in [5.41, 5.74) is 1.11. The summed E-state index contributed by atoms with van der Waals surface area (Å²) in [5, 5.41) is 9.18. The lowest BCUT2D eigenvalue weighted by atomic mass is 10.1. The maximum atomic E-state index is 12.9. The molecule has 35 heavy (non-hydrogen) atoms. The van der Waals surface area contributed by atoms with Crippen LogP contribution < -0.4 is 16.0 Å². The van der Waals surface area contributed by atoms with Gasteiger partial charge in [0.25, 0.3) is 0 Å². The number of sulfone groups is 1. The predicted octanol–water partition coefficient (Wildman–Crippen LogP) is 4.59. The van der Waals surface area contributed by atoms with Crippen LogP contribution in [0.4, 0.5) is 18.9 Å². The minimum absolute atomic E-state index is 0.308. The summed E-state index contributed by atoms with van der Waals surface area (Å²) in [7, 11) is -3.37. The van der Waals surface area contributed by atoms with Crippen molar-refractivity contribution in [2.45, 2.75) is 41.9 Å². The van der Waals surface area contributed by atoms with E-state index in [1.165, 1.54) is 6.07 Å². The molecule has 1 unspecified atom stereocenters. The van der Waals surface area contributed by atoms with Gasteiger partial charge >= 0.3 is 6.18 Å². The van der Waals surface area contributed by atoms with Crippen molar-refractivity contribution in [1.82, 2.24) is 10.6 Å². The van der Waals surface area contributed by atoms with Gasteiger partial charge in [-0.15, -0.1) is 0 Å². The molecule has 0 amide bonds. The summed E-state index contributed by atoms with van der Waals surface area (Å²) in [4.78, 5) is 4.79. The van der Waals surface area contributed by atoms with Crippen LogP contribution in [0.5, 0.6) is 0 Å². The van der Waals surface area contributed by atoms with Gasteiger partial charge in [0.2, 0.25) is 5.79 Å². The number of nitrogens with zero attached hydrogens (tertiary/aromatic N) is 1. The van der Waals surface area contributed by atoms with E-state index in [0.717, 1.165) is 12.1 Å². The van der Waals surface area contributed by atoms with E-state index in [0.29, 0.717) is 47.7 Å². The van der Waals surface area contributed by atoms with Gasteiger partial charge in [-0.2, -0.15) is 13.2 Å². The molecule has 0 radical (unpaired) electrons. The number of alkyl halides is 3. The van der Waals surface area contributed by atoms with E-state index in [1.807, 2.05) is 6.92 Å². The number of hydrogen-bond acceptors (Lipinski definition) is 6. The number of aliphatic imine (C=N–C) groups is 1.